The van der Waals surface area contributed by atoms with Crippen molar-refractivity contribution < 1.29 is 9.18 Å². The zero-order chi connectivity index (χ0) is 13.7. The van der Waals surface area contributed by atoms with Crippen LogP contribution in [0, 0.1) is 12.7 Å². The van der Waals surface area contributed by atoms with E-state index in [1.165, 1.54) is 12.1 Å². The van der Waals surface area contributed by atoms with Gasteiger partial charge in [0.2, 0.25) is 5.91 Å². The molecule has 0 saturated heterocycles. The Bertz CT molecular complexity index is 605. The molecule has 96 valence electrons. The number of amides is 1. The van der Waals surface area contributed by atoms with E-state index in [0.29, 0.717) is 11.3 Å². The first-order chi connectivity index (χ1) is 9.15. The summed E-state index contributed by atoms with van der Waals surface area (Å²) in [6.07, 6.45) is 3.13. The van der Waals surface area contributed by atoms with Crippen molar-refractivity contribution in [2.24, 2.45) is 0 Å². The van der Waals surface area contributed by atoms with E-state index in [9.17, 15) is 9.18 Å². The fourth-order valence-corrected chi connectivity index (χ4v) is 1.59. The molecule has 0 spiro atoms. The van der Waals surface area contributed by atoms with Gasteiger partial charge in [-0.1, -0.05) is 36.4 Å². The highest BCUT2D eigenvalue weighted by Gasteiger charge is 2.01. The first-order valence-electron chi connectivity index (χ1n) is 5.95. The third-order valence-electron chi connectivity index (χ3n) is 2.67. The summed E-state index contributed by atoms with van der Waals surface area (Å²) < 4.78 is 13.3. The van der Waals surface area contributed by atoms with Crippen LogP contribution in [0.1, 0.15) is 11.1 Å². The Kier molecular flexibility index (Phi) is 4.08. The van der Waals surface area contributed by atoms with E-state index in [0.717, 1.165) is 5.56 Å². The summed E-state index contributed by atoms with van der Waals surface area (Å²) in [5, 5.41) is 2.61. The van der Waals surface area contributed by atoms with Crippen LogP contribution >= 0.6 is 0 Å². The Morgan fingerprint density at radius 3 is 2.58 bits per heavy atom. The Labute approximate surface area is 111 Å². The molecule has 0 saturated carbocycles. The van der Waals surface area contributed by atoms with Crippen LogP contribution in [0.25, 0.3) is 6.08 Å². The molecule has 0 aliphatic carbocycles. The number of anilines is 1. The predicted molar refractivity (Wildman–Crippen MR) is 75.2 cm³/mol. The van der Waals surface area contributed by atoms with Gasteiger partial charge in [0.15, 0.2) is 0 Å². The van der Waals surface area contributed by atoms with Gasteiger partial charge < -0.3 is 5.32 Å². The summed E-state index contributed by atoms with van der Waals surface area (Å²) in [4.78, 5) is 11.7. The summed E-state index contributed by atoms with van der Waals surface area (Å²) in [5.41, 5.74) is 1.94. The third-order valence-corrected chi connectivity index (χ3v) is 2.67. The van der Waals surface area contributed by atoms with Crippen molar-refractivity contribution in [1.82, 2.24) is 0 Å². The minimum absolute atomic E-state index is 0.285. The molecular formula is C16H14FNO. The highest BCUT2D eigenvalue weighted by atomic mass is 19.1. The summed E-state index contributed by atoms with van der Waals surface area (Å²) >= 11 is 0. The van der Waals surface area contributed by atoms with Crippen LogP contribution in [-0.4, -0.2) is 5.91 Å². The minimum Gasteiger partial charge on any atom is -0.322 e. The van der Waals surface area contributed by atoms with Crippen LogP contribution in [0.3, 0.4) is 0 Å². The van der Waals surface area contributed by atoms with Crippen LogP contribution in [-0.2, 0) is 4.79 Å². The Hall–Kier alpha value is -2.42. The second-order valence-electron chi connectivity index (χ2n) is 4.20. The monoisotopic (exact) mass is 255 g/mol. The number of aryl methyl sites for hydroxylation is 1. The molecule has 0 radical (unpaired) electrons. The van der Waals surface area contributed by atoms with Crippen LogP contribution in [0.2, 0.25) is 0 Å². The van der Waals surface area contributed by atoms with Gasteiger partial charge >= 0.3 is 0 Å². The van der Waals surface area contributed by atoms with Gasteiger partial charge in [-0.2, -0.15) is 0 Å². The molecule has 0 atom stereocenters. The summed E-state index contributed by atoms with van der Waals surface area (Å²) in [6, 6.07) is 14.1. The second-order valence-corrected chi connectivity index (χ2v) is 4.20. The van der Waals surface area contributed by atoms with Gasteiger partial charge in [0.1, 0.15) is 5.82 Å². The topological polar surface area (TPSA) is 29.1 Å². The quantitative estimate of drug-likeness (QED) is 0.831. The van der Waals surface area contributed by atoms with Crippen molar-refractivity contribution in [1.29, 1.82) is 0 Å². The molecule has 2 aromatic rings. The molecule has 1 N–H and O–H groups in total. The average molecular weight is 255 g/mol. The van der Waals surface area contributed by atoms with E-state index in [4.69, 9.17) is 0 Å². The summed E-state index contributed by atoms with van der Waals surface area (Å²) in [6.45, 7) is 1.68. The molecule has 0 aliphatic rings. The standard InChI is InChI=1S/C16H14FNO/c1-12-7-9-14(11-15(12)17)18-16(19)10-8-13-5-3-2-4-6-13/h2-11H,1H3,(H,18,19). The van der Waals surface area contributed by atoms with E-state index in [1.54, 1.807) is 25.1 Å². The van der Waals surface area contributed by atoms with E-state index >= 15 is 0 Å². The zero-order valence-corrected chi connectivity index (χ0v) is 10.6. The number of benzene rings is 2. The van der Waals surface area contributed by atoms with Gasteiger partial charge in [0.25, 0.3) is 0 Å². The van der Waals surface area contributed by atoms with Crippen molar-refractivity contribution in [3.05, 3.63) is 71.6 Å². The van der Waals surface area contributed by atoms with Crippen molar-refractivity contribution in [2.75, 3.05) is 5.32 Å². The minimum atomic E-state index is -0.329. The van der Waals surface area contributed by atoms with Gasteiger partial charge in [-0.3, -0.25) is 4.79 Å². The molecule has 0 aliphatic heterocycles. The van der Waals surface area contributed by atoms with Gasteiger partial charge in [-0.15, -0.1) is 0 Å². The van der Waals surface area contributed by atoms with Crippen LogP contribution in [0.5, 0.6) is 0 Å². The average Bonchev–Trinajstić information content (AvgIpc) is 2.42. The number of hydrogen-bond donors (Lipinski definition) is 1. The van der Waals surface area contributed by atoms with Gasteiger partial charge in [0, 0.05) is 11.8 Å². The number of hydrogen-bond acceptors (Lipinski definition) is 1. The summed E-state index contributed by atoms with van der Waals surface area (Å²) in [7, 11) is 0. The van der Waals surface area contributed by atoms with E-state index < -0.39 is 0 Å². The third kappa shape index (κ3) is 3.78. The maximum absolute atomic E-state index is 13.3. The number of carbonyl (C=O) groups is 1. The lowest BCUT2D eigenvalue weighted by molar-refractivity contribution is -0.111. The van der Waals surface area contributed by atoms with Gasteiger partial charge in [-0.25, -0.2) is 4.39 Å². The van der Waals surface area contributed by atoms with E-state index in [2.05, 4.69) is 5.32 Å². The van der Waals surface area contributed by atoms with Crippen molar-refractivity contribution in [3.8, 4) is 0 Å². The van der Waals surface area contributed by atoms with Crippen LogP contribution in [0.4, 0.5) is 10.1 Å². The van der Waals surface area contributed by atoms with Crippen molar-refractivity contribution >= 4 is 17.7 Å². The lowest BCUT2D eigenvalue weighted by Crippen LogP contribution is -2.08. The van der Waals surface area contributed by atoms with E-state index in [-0.39, 0.29) is 11.7 Å². The van der Waals surface area contributed by atoms with Gasteiger partial charge in [-0.05, 0) is 36.3 Å². The maximum Gasteiger partial charge on any atom is 0.248 e. The molecular weight excluding hydrogens is 241 g/mol. The number of halogens is 1. The first-order valence-corrected chi connectivity index (χ1v) is 5.95. The predicted octanol–water partition coefficient (Wildman–Crippen LogP) is 3.79. The smallest absolute Gasteiger partial charge is 0.248 e. The van der Waals surface area contributed by atoms with E-state index in [1.807, 2.05) is 30.3 Å². The lowest BCUT2D eigenvalue weighted by Gasteiger charge is -2.03. The van der Waals surface area contributed by atoms with Crippen molar-refractivity contribution in [2.45, 2.75) is 6.92 Å². The number of nitrogens with one attached hydrogen (secondary N) is 1. The molecule has 0 unspecified atom stereocenters. The zero-order valence-electron chi connectivity index (χ0n) is 10.6. The first kappa shape index (κ1) is 13.0. The maximum atomic E-state index is 13.3. The Morgan fingerprint density at radius 2 is 1.89 bits per heavy atom. The normalized spacial score (nSPS) is 10.6. The fourth-order valence-electron chi connectivity index (χ4n) is 1.59. The number of carbonyl (C=O) groups excluding carboxylic acids is 1. The molecule has 3 heteroatoms. The van der Waals surface area contributed by atoms with Gasteiger partial charge in [0.05, 0.1) is 0 Å². The molecule has 0 fully saturated rings. The molecule has 2 nitrogen and oxygen atoms in total. The molecule has 0 heterocycles. The number of rotatable bonds is 3. The Morgan fingerprint density at radius 1 is 1.16 bits per heavy atom. The molecule has 19 heavy (non-hydrogen) atoms. The fraction of sp³-hybridized carbons (Fsp3) is 0.0625. The van der Waals surface area contributed by atoms with Crippen LogP contribution < -0.4 is 5.32 Å². The molecule has 0 bridgehead atoms. The highest BCUT2D eigenvalue weighted by Crippen LogP contribution is 2.13. The Balaban J connectivity index is 2.01. The molecule has 1 amide bonds. The summed E-state index contributed by atoms with van der Waals surface area (Å²) in [5.74, 6) is -0.614. The SMILES string of the molecule is Cc1ccc(NC(=O)C=Cc2ccccc2)cc1F. The largest absolute Gasteiger partial charge is 0.322 e. The molecule has 2 aromatic carbocycles. The molecule has 2 rings (SSSR count). The molecule has 0 aromatic heterocycles. The van der Waals surface area contributed by atoms with Crippen molar-refractivity contribution in [3.63, 3.8) is 0 Å². The van der Waals surface area contributed by atoms with Crippen LogP contribution in [0.15, 0.2) is 54.6 Å². The highest BCUT2D eigenvalue weighted by molar-refractivity contribution is 6.01. The lowest BCUT2D eigenvalue weighted by atomic mass is 10.2. The second kappa shape index (κ2) is 5.96.